The number of piperidine rings is 1. The van der Waals surface area contributed by atoms with Crippen LogP contribution in [-0.4, -0.2) is 42.5 Å². The van der Waals surface area contributed by atoms with Crippen LogP contribution in [0.5, 0.6) is 5.75 Å². The van der Waals surface area contributed by atoms with Crippen LogP contribution in [0.1, 0.15) is 19.3 Å². The number of nitriles is 1. The molecule has 8 heteroatoms. The normalized spacial score (nSPS) is 17.8. The van der Waals surface area contributed by atoms with E-state index in [4.69, 9.17) is 10.00 Å². The van der Waals surface area contributed by atoms with Gasteiger partial charge in [-0.3, -0.25) is 14.9 Å². The summed E-state index contributed by atoms with van der Waals surface area (Å²) in [6.07, 6.45) is 2.11. The van der Waals surface area contributed by atoms with Crippen LogP contribution in [0.4, 0.5) is 11.4 Å². The van der Waals surface area contributed by atoms with Crippen molar-refractivity contribution < 1.29 is 14.5 Å². The van der Waals surface area contributed by atoms with E-state index in [1.165, 1.54) is 19.2 Å². The third kappa shape index (κ3) is 4.43. The van der Waals surface area contributed by atoms with Gasteiger partial charge >= 0.3 is 5.69 Å². The van der Waals surface area contributed by atoms with Gasteiger partial charge in [0, 0.05) is 31.3 Å². The van der Waals surface area contributed by atoms with Crippen molar-refractivity contribution in [2.75, 3.05) is 32.1 Å². The van der Waals surface area contributed by atoms with Gasteiger partial charge in [0.15, 0.2) is 5.75 Å². The second kappa shape index (κ2) is 8.26. The molecule has 1 heterocycles. The van der Waals surface area contributed by atoms with Crippen LogP contribution < -0.4 is 10.1 Å². The quantitative estimate of drug-likeness (QED) is 0.631. The Bertz CT molecular complexity index is 656. The molecule has 1 atom stereocenters. The number of nitrogens with one attached hydrogen (secondary N) is 1. The molecule has 1 aromatic carbocycles. The molecule has 2 rings (SSSR count). The molecule has 0 saturated carbocycles. The molecular formula is C16H20N4O4. The fourth-order valence-electron chi connectivity index (χ4n) is 2.84. The van der Waals surface area contributed by atoms with E-state index in [9.17, 15) is 14.9 Å². The number of rotatable bonds is 6. The molecule has 0 aliphatic carbocycles. The number of ether oxygens (including phenoxy) is 1. The number of hydrogen-bond acceptors (Lipinski definition) is 6. The minimum atomic E-state index is -0.543. The number of carbonyl (C=O) groups excluding carboxylic acids is 1. The van der Waals surface area contributed by atoms with Crippen molar-refractivity contribution >= 4 is 17.3 Å². The number of hydrogen-bond donors (Lipinski definition) is 1. The minimum Gasteiger partial charge on any atom is -0.490 e. The molecule has 1 aliphatic rings. The second-order valence-electron chi connectivity index (χ2n) is 5.68. The first-order chi connectivity index (χ1) is 11.5. The number of benzene rings is 1. The molecule has 128 valence electrons. The predicted octanol–water partition coefficient (Wildman–Crippen LogP) is 2.17. The van der Waals surface area contributed by atoms with Crippen LogP contribution >= 0.6 is 0 Å². The van der Waals surface area contributed by atoms with E-state index >= 15 is 0 Å². The van der Waals surface area contributed by atoms with E-state index in [0.29, 0.717) is 25.2 Å². The Morgan fingerprint density at radius 1 is 1.58 bits per heavy atom. The molecule has 0 spiro atoms. The number of amides is 1. The Balaban J connectivity index is 2.02. The third-order valence-electron chi connectivity index (χ3n) is 4.06. The maximum absolute atomic E-state index is 12.4. The number of anilines is 1. The summed E-state index contributed by atoms with van der Waals surface area (Å²) in [5, 5.41) is 22.4. The summed E-state index contributed by atoms with van der Waals surface area (Å²) in [6, 6.07) is 6.46. The van der Waals surface area contributed by atoms with Crippen molar-refractivity contribution in [3.8, 4) is 11.8 Å². The SMILES string of the molecule is COc1ccc(NC(=O)C2CCCN(CCC#N)C2)cc1[N+](=O)[O-]. The maximum atomic E-state index is 12.4. The molecule has 0 radical (unpaired) electrons. The lowest BCUT2D eigenvalue weighted by Gasteiger charge is -2.31. The first-order valence-electron chi connectivity index (χ1n) is 7.77. The predicted molar refractivity (Wildman–Crippen MR) is 87.7 cm³/mol. The topological polar surface area (TPSA) is 108 Å². The molecule has 8 nitrogen and oxygen atoms in total. The van der Waals surface area contributed by atoms with E-state index in [2.05, 4.69) is 16.3 Å². The smallest absolute Gasteiger partial charge is 0.312 e. The van der Waals surface area contributed by atoms with E-state index < -0.39 is 4.92 Å². The maximum Gasteiger partial charge on any atom is 0.312 e. The van der Waals surface area contributed by atoms with Crippen molar-refractivity contribution in [1.82, 2.24) is 4.90 Å². The molecule has 1 fully saturated rings. The zero-order valence-electron chi connectivity index (χ0n) is 13.5. The molecule has 1 aliphatic heterocycles. The van der Waals surface area contributed by atoms with Crippen LogP contribution in [0, 0.1) is 27.4 Å². The van der Waals surface area contributed by atoms with Crippen LogP contribution in [-0.2, 0) is 4.79 Å². The van der Waals surface area contributed by atoms with Crippen molar-refractivity contribution in [2.45, 2.75) is 19.3 Å². The fraction of sp³-hybridized carbons (Fsp3) is 0.500. The Kier molecular flexibility index (Phi) is 6.09. The number of methoxy groups -OCH3 is 1. The van der Waals surface area contributed by atoms with Gasteiger partial charge in [-0.15, -0.1) is 0 Å². The molecule has 0 aromatic heterocycles. The second-order valence-corrected chi connectivity index (χ2v) is 5.68. The van der Waals surface area contributed by atoms with Gasteiger partial charge in [0.25, 0.3) is 0 Å². The van der Waals surface area contributed by atoms with Crippen LogP contribution in [0.3, 0.4) is 0 Å². The molecule has 1 saturated heterocycles. The van der Waals surface area contributed by atoms with Gasteiger partial charge in [0.1, 0.15) is 0 Å². The zero-order chi connectivity index (χ0) is 17.5. The largest absolute Gasteiger partial charge is 0.490 e. The summed E-state index contributed by atoms with van der Waals surface area (Å²) >= 11 is 0. The monoisotopic (exact) mass is 332 g/mol. The molecule has 1 unspecified atom stereocenters. The number of carbonyl (C=O) groups is 1. The summed E-state index contributed by atoms with van der Waals surface area (Å²) in [7, 11) is 1.36. The van der Waals surface area contributed by atoms with E-state index in [1.807, 2.05) is 0 Å². The standard InChI is InChI=1S/C16H20N4O4/c1-24-15-6-5-13(10-14(15)20(22)23)18-16(21)12-4-2-8-19(11-12)9-3-7-17/h5-6,10,12H,2-4,8-9,11H2,1H3,(H,18,21). The van der Waals surface area contributed by atoms with Crippen LogP contribution in [0.2, 0.25) is 0 Å². The van der Waals surface area contributed by atoms with Gasteiger partial charge in [-0.2, -0.15) is 5.26 Å². The number of nitrogens with zero attached hydrogens (tertiary/aromatic N) is 3. The van der Waals surface area contributed by atoms with Crippen molar-refractivity contribution in [2.24, 2.45) is 5.92 Å². The number of nitro benzene ring substituents is 1. The number of nitro groups is 1. The van der Waals surface area contributed by atoms with Gasteiger partial charge in [0.05, 0.1) is 24.0 Å². The summed E-state index contributed by atoms with van der Waals surface area (Å²) in [6.45, 7) is 2.15. The Labute approximate surface area is 140 Å². The lowest BCUT2D eigenvalue weighted by atomic mass is 9.97. The summed E-state index contributed by atoms with van der Waals surface area (Å²) in [5.74, 6) is -0.187. The van der Waals surface area contributed by atoms with Gasteiger partial charge in [-0.05, 0) is 31.5 Å². The van der Waals surface area contributed by atoms with Gasteiger partial charge < -0.3 is 15.0 Å². The highest BCUT2D eigenvalue weighted by atomic mass is 16.6. The van der Waals surface area contributed by atoms with Crippen molar-refractivity contribution in [3.63, 3.8) is 0 Å². The molecule has 0 bridgehead atoms. The highest BCUT2D eigenvalue weighted by Gasteiger charge is 2.26. The molecule has 1 aromatic rings. The van der Waals surface area contributed by atoms with Crippen molar-refractivity contribution in [3.05, 3.63) is 28.3 Å². The Morgan fingerprint density at radius 3 is 3.04 bits per heavy atom. The molecular weight excluding hydrogens is 312 g/mol. The van der Waals surface area contributed by atoms with E-state index in [1.54, 1.807) is 6.07 Å². The molecule has 1 amide bonds. The van der Waals surface area contributed by atoms with Gasteiger partial charge in [0.2, 0.25) is 5.91 Å². The Hall–Kier alpha value is -2.66. The average molecular weight is 332 g/mol. The first kappa shape index (κ1) is 17.7. The Morgan fingerprint density at radius 2 is 2.38 bits per heavy atom. The average Bonchev–Trinajstić information content (AvgIpc) is 2.60. The molecule has 24 heavy (non-hydrogen) atoms. The summed E-state index contributed by atoms with van der Waals surface area (Å²) < 4.78 is 4.95. The summed E-state index contributed by atoms with van der Waals surface area (Å²) in [4.78, 5) is 25.0. The highest BCUT2D eigenvalue weighted by Crippen LogP contribution is 2.30. The lowest BCUT2D eigenvalue weighted by molar-refractivity contribution is -0.385. The first-order valence-corrected chi connectivity index (χ1v) is 7.77. The fourth-order valence-corrected chi connectivity index (χ4v) is 2.84. The molecule has 1 N–H and O–H groups in total. The van der Waals surface area contributed by atoms with Gasteiger partial charge in [-0.25, -0.2) is 0 Å². The number of likely N-dealkylation sites (tertiary alicyclic amines) is 1. The minimum absolute atomic E-state index is 0.151. The van der Waals surface area contributed by atoms with E-state index in [-0.39, 0.29) is 23.3 Å². The van der Waals surface area contributed by atoms with Crippen LogP contribution in [0.15, 0.2) is 18.2 Å². The highest BCUT2D eigenvalue weighted by molar-refractivity contribution is 5.93. The third-order valence-corrected chi connectivity index (χ3v) is 4.06. The van der Waals surface area contributed by atoms with Crippen LogP contribution in [0.25, 0.3) is 0 Å². The zero-order valence-corrected chi connectivity index (χ0v) is 13.5. The summed E-state index contributed by atoms with van der Waals surface area (Å²) in [5.41, 5.74) is 0.191. The van der Waals surface area contributed by atoms with E-state index in [0.717, 1.165) is 19.4 Å². The lowest BCUT2D eigenvalue weighted by Crippen LogP contribution is -2.41. The van der Waals surface area contributed by atoms with Crippen molar-refractivity contribution in [1.29, 1.82) is 5.26 Å². The van der Waals surface area contributed by atoms with Gasteiger partial charge in [-0.1, -0.05) is 0 Å².